The zero-order valence-electron chi connectivity index (χ0n) is 14.5. The molecular formula is C17H17ClF3N5O2. The van der Waals surface area contributed by atoms with Gasteiger partial charge >= 0.3 is 12.1 Å². The summed E-state index contributed by atoms with van der Waals surface area (Å²) in [5.41, 5.74) is 5.42. The highest BCUT2D eigenvalue weighted by Crippen LogP contribution is 2.37. The topological polar surface area (TPSA) is 104 Å². The number of hydrogen-bond acceptors (Lipinski definition) is 6. The van der Waals surface area contributed by atoms with Crippen molar-refractivity contribution >= 4 is 40.6 Å². The monoisotopic (exact) mass is 415 g/mol. The predicted octanol–water partition coefficient (Wildman–Crippen LogP) is 3.78. The summed E-state index contributed by atoms with van der Waals surface area (Å²) in [6.07, 6.45) is -2.39. The number of benzene rings is 1. The highest BCUT2D eigenvalue weighted by atomic mass is 35.5. The Bertz CT molecular complexity index is 886. The Morgan fingerprint density at radius 3 is 2.57 bits per heavy atom. The number of nitrogens with zero attached hydrogens (tertiary/aromatic N) is 3. The molecule has 11 heteroatoms. The molecule has 28 heavy (non-hydrogen) atoms. The third kappa shape index (κ3) is 4.22. The molecule has 0 amide bonds. The lowest BCUT2D eigenvalue weighted by Gasteiger charge is -2.31. The first kappa shape index (κ1) is 20.0. The average molecular weight is 416 g/mol. The summed E-state index contributed by atoms with van der Waals surface area (Å²) in [4.78, 5) is 21.0. The smallest absolute Gasteiger partial charge is 0.416 e. The summed E-state index contributed by atoms with van der Waals surface area (Å²) in [7, 11) is 0. The lowest BCUT2D eigenvalue weighted by Crippen LogP contribution is -2.37. The molecule has 0 spiro atoms. The van der Waals surface area contributed by atoms with Crippen LogP contribution in [0, 0.1) is 5.92 Å². The summed E-state index contributed by atoms with van der Waals surface area (Å²) >= 11 is 6.00. The predicted molar refractivity (Wildman–Crippen MR) is 98.8 cm³/mol. The second kappa shape index (κ2) is 7.70. The number of hydrogen-bond donors (Lipinski definition) is 3. The van der Waals surface area contributed by atoms with E-state index < -0.39 is 23.6 Å². The fourth-order valence-corrected chi connectivity index (χ4v) is 3.17. The van der Waals surface area contributed by atoms with E-state index in [1.807, 2.05) is 4.90 Å². The number of nitrogen functional groups attached to an aromatic ring is 1. The van der Waals surface area contributed by atoms with Crippen LogP contribution in [0.5, 0.6) is 0 Å². The van der Waals surface area contributed by atoms with Gasteiger partial charge in [-0.25, -0.2) is 9.97 Å². The molecule has 0 atom stereocenters. The van der Waals surface area contributed by atoms with Gasteiger partial charge in [0.05, 0.1) is 22.2 Å². The number of carbonyl (C=O) groups is 1. The van der Waals surface area contributed by atoms with Crippen LogP contribution in [0.2, 0.25) is 5.02 Å². The van der Waals surface area contributed by atoms with Crippen LogP contribution in [-0.2, 0) is 11.0 Å². The van der Waals surface area contributed by atoms with E-state index in [4.69, 9.17) is 22.4 Å². The fourth-order valence-electron chi connectivity index (χ4n) is 3.00. The molecule has 0 radical (unpaired) electrons. The summed E-state index contributed by atoms with van der Waals surface area (Å²) in [6, 6.07) is 2.90. The first-order valence-electron chi connectivity index (χ1n) is 8.39. The maximum absolute atomic E-state index is 12.9. The van der Waals surface area contributed by atoms with Crippen molar-refractivity contribution in [3.05, 3.63) is 35.1 Å². The lowest BCUT2D eigenvalue weighted by atomic mass is 9.97. The summed E-state index contributed by atoms with van der Waals surface area (Å²) in [5.74, 6) is -0.742. The van der Waals surface area contributed by atoms with Crippen LogP contribution in [0.15, 0.2) is 24.5 Å². The first-order valence-corrected chi connectivity index (χ1v) is 8.76. The van der Waals surface area contributed by atoms with E-state index in [0.29, 0.717) is 31.7 Å². The van der Waals surface area contributed by atoms with Crippen molar-refractivity contribution in [2.45, 2.75) is 19.0 Å². The number of rotatable bonds is 4. The highest BCUT2D eigenvalue weighted by Gasteiger charge is 2.31. The third-order valence-corrected chi connectivity index (χ3v) is 4.88. The number of aromatic nitrogens is 2. The van der Waals surface area contributed by atoms with Gasteiger partial charge in [-0.3, -0.25) is 4.79 Å². The van der Waals surface area contributed by atoms with Crippen molar-refractivity contribution < 1.29 is 23.1 Å². The Morgan fingerprint density at radius 2 is 1.96 bits per heavy atom. The Balaban J connectivity index is 1.84. The van der Waals surface area contributed by atoms with Crippen LogP contribution in [0.4, 0.5) is 36.2 Å². The molecule has 1 fully saturated rings. The number of carboxylic acids is 1. The Labute approximate surface area is 163 Å². The molecule has 7 nitrogen and oxygen atoms in total. The van der Waals surface area contributed by atoms with Crippen molar-refractivity contribution in [3.8, 4) is 0 Å². The van der Waals surface area contributed by atoms with Gasteiger partial charge in [0.2, 0.25) is 0 Å². The molecule has 2 heterocycles. The van der Waals surface area contributed by atoms with Crippen molar-refractivity contribution in [2.24, 2.45) is 5.92 Å². The van der Waals surface area contributed by atoms with Gasteiger partial charge in [-0.1, -0.05) is 11.6 Å². The normalized spacial score (nSPS) is 15.5. The van der Waals surface area contributed by atoms with Crippen molar-refractivity contribution in [1.82, 2.24) is 9.97 Å². The molecule has 1 aliphatic heterocycles. The van der Waals surface area contributed by atoms with Gasteiger partial charge in [0.1, 0.15) is 12.0 Å². The van der Waals surface area contributed by atoms with Crippen molar-refractivity contribution in [3.63, 3.8) is 0 Å². The Hall–Kier alpha value is -2.75. The van der Waals surface area contributed by atoms with E-state index in [2.05, 4.69) is 15.3 Å². The van der Waals surface area contributed by atoms with Gasteiger partial charge in [0.15, 0.2) is 11.6 Å². The highest BCUT2D eigenvalue weighted by molar-refractivity contribution is 6.33. The number of alkyl halides is 3. The van der Waals surface area contributed by atoms with Crippen LogP contribution in [-0.4, -0.2) is 34.1 Å². The lowest BCUT2D eigenvalue weighted by molar-refractivity contribution is -0.142. The molecule has 2 aromatic rings. The van der Waals surface area contributed by atoms with Gasteiger partial charge < -0.3 is 21.1 Å². The zero-order chi connectivity index (χ0) is 20.5. The SMILES string of the molecule is Nc1c(Nc2cc(C(F)(F)F)ccc2Cl)ncnc1N1CCC(C(=O)O)CC1. The third-order valence-electron chi connectivity index (χ3n) is 4.55. The molecule has 0 saturated carbocycles. The fraction of sp³-hybridized carbons (Fsp3) is 0.353. The van der Waals surface area contributed by atoms with E-state index in [9.17, 15) is 18.0 Å². The molecule has 150 valence electrons. The quantitative estimate of drug-likeness (QED) is 0.698. The Morgan fingerprint density at radius 1 is 1.29 bits per heavy atom. The number of halogens is 4. The number of nitrogens with one attached hydrogen (secondary N) is 1. The van der Waals surface area contributed by atoms with Crippen LogP contribution in [0.1, 0.15) is 18.4 Å². The van der Waals surface area contributed by atoms with Crippen LogP contribution >= 0.6 is 11.6 Å². The van der Waals surface area contributed by atoms with Gasteiger partial charge in [-0.15, -0.1) is 0 Å². The molecule has 4 N–H and O–H groups in total. The maximum Gasteiger partial charge on any atom is 0.416 e. The standard InChI is InChI=1S/C17H17ClF3N5O2/c18-11-2-1-10(17(19,20)21)7-12(11)25-14-13(22)15(24-8-23-14)26-5-3-9(4-6-26)16(27)28/h1-2,7-9H,3-6,22H2,(H,27,28)(H,23,24,25). The second-order valence-corrected chi connectivity index (χ2v) is 6.78. The average Bonchev–Trinajstić information content (AvgIpc) is 2.64. The number of carboxylic acid groups (broad SMARTS) is 1. The van der Waals surface area contributed by atoms with Crippen LogP contribution in [0.3, 0.4) is 0 Å². The Kier molecular flexibility index (Phi) is 5.50. The second-order valence-electron chi connectivity index (χ2n) is 6.38. The van der Waals surface area contributed by atoms with Crippen molar-refractivity contribution in [2.75, 3.05) is 29.0 Å². The van der Waals surface area contributed by atoms with E-state index in [1.54, 1.807) is 0 Å². The minimum atomic E-state index is -4.52. The number of piperidine rings is 1. The largest absolute Gasteiger partial charge is 0.481 e. The summed E-state index contributed by atoms with van der Waals surface area (Å²) < 4.78 is 38.8. The number of nitrogens with two attached hydrogens (primary N) is 1. The van der Waals surface area contributed by atoms with E-state index >= 15 is 0 Å². The minimum absolute atomic E-state index is 0.0115. The zero-order valence-corrected chi connectivity index (χ0v) is 15.3. The minimum Gasteiger partial charge on any atom is -0.481 e. The van der Waals surface area contributed by atoms with E-state index in [1.165, 1.54) is 6.33 Å². The van der Waals surface area contributed by atoms with Gasteiger partial charge in [0, 0.05) is 13.1 Å². The van der Waals surface area contributed by atoms with Gasteiger partial charge in [-0.05, 0) is 31.0 Å². The molecule has 0 bridgehead atoms. The van der Waals surface area contributed by atoms with E-state index in [-0.39, 0.29) is 22.2 Å². The van der Waals surface area contributed by atoms with Gasteiger partial charge in [-0.2, -0.15) is 13.2 Å². The molecule has 1 aliphatic rings. The molecule has 1 saturated heterocycles. The number of aliphatic carboxylic acids is 1. The first-order chi connectivity index (χ1) is 13.2. The van der Waals surface area contributed by atoms with Crippen LogP contribution < -0.4 is 16.0 Å². The summed E-state index contributed by atoms with van der Waals surface area (Å²) in [5, 5.41) is 11.9. The molecule has 0 aliphatic carbocycles. The number of anilines is 4. The van der Waals surface area contributed by atoms with Gasteiger partial charge in [0.25, 0.3) is 0 Å². The molecule has 1 aromatic heterocycles. The molecule has 1 aromatic carbocycles. The van der Waals surface area contributed by atoms with Crippen molar-refractivity contribution in [1.29, 1.82) is 0 Å². The molecule has 0 unspecified atom stereocenters. The maximum atomic E-state index is 12.9. The van der Waals surface area contributed by atoms with Crippen LogP contribution in [0.25, 0.3) is 0 Å². The molecule has 3 rings (SSSR count). The van der Waals surface area contributed by atoms with E-state index in [0.717, 1.165) is 18.2 Å². The molecular weight excluding hydrogens is 399 g/mol. The summed E-state index contributed by atoms with van der Waals surface area (Å²) in [6.45, 7) is 0.893.